The molecule has 1 atom stereocenters. The molecule has 0 spiro atoms. The highest BCUT2D eigenvalue weighted by Crippen LogP contribution is 2.19. The molecule has 112 valence electrons. The van der Waals surface area contributed by atoms with Crippen LogP contribution in [0.1, 0.15) is 33.1 Å². The molecule has 20 heavy (non-hydrogen) atoms. The molecule has 0 bridgehead atoms. The zero-order valence-corrected chi connectivity index (χ0v) is 12.3. The molecule has 1 aliphatic rings. The van der Waals surface area contributed by atoms with Gasteiger partial charge in [0.2, 0.25) is 17.8 Å². The van der Waals surface area contributed by atoms with Crippen molar-refractivity contribution in [2.75, 3.05) is 41.8 Å². The van der Waals surface area contributed by atoms with E-state index < -0.39 is 0 Å². The van der Waals surface area contributed by atoms with Crippen LogP contribution in [0.2, 0.25) is 0 Å². The van der Waals surface area contributed by atoms with E-state index in [9.17, 15) is 5.11 Å². The Bertz CT molecular complexity index is 417. The second-order valence-electron chi connectivity index (χ2n) is 4.94. The van der Waals surface area contributed by atoms with Crippen molar-refractivity contribution in [2.45, 2.75) is 39.2 Å². The van der Waals surface area contributed by atoms with E-state index in [0.29, 0.717) is 17.8 Å². The fourth-order valence-electron chi connectivity index (χ4n) is 2.18. The number of anilines is 3. The average Bonchev–Trinajstić information content (AvgIpc) is 2.99. The summed E-state index contributed by atoms with van der Waals surface area (Å²) in [7, 11) is 0. The third-order valence-electron chi connectivity index (χ3n) is 3.39. The molecule has 1 unspecified atom stereocenters. The number of aliphatic hydroxyl groups excluding tert-OH is 1. The van der Waals surface area contributed by atoms with Gasteiger partial charge in [0.25, 0.3) is 0 Å². The summed E-state index contributed by atoms with van der Waals surface area (Å²) in [6, 6.07) is -0.0293. The Kier molecular flexibility index (Phi) is 5.34. The summed E-state index contributed by atoms with van der Waals surface area (Å²) in [6.45, 7) is 6.84. The summed E-state index contributed by atoms with van der Waals surface area (Å²) in [4.78, 5) is 15.5. The van der Waals surface area contributed by atoms with Crippen molar-refractivity contribution < 1.29 is 5.11 Å². The largest absolute Gasteiger partial charge is 0.394 e. The summed E-state index contributed by atoms with van der Waals surface area (Å²) in [5.41, 5.74) is 0. The molecule has 1 aromatic rings. The summed E-state index contributed by atoms with van der Waals surface area (Å²) in [5, 5.41) is 15.6. The van der Waals surface area contributed by atoms with E-state index in [2.05, 4.69) is 30.5 Å². The molecule has 7 nitrogen and oxygen atoms in total. The fraction of sp³-hybridized carbons (Fsp3) is 0.769. The lowest BCUT2D eigenvalue weighted by Crippen LogP contribution is -2.26. The zero-order chi connectivity index (χ0) is 14.4. The maximum atomic E-state index is 9.28. The van der Waals surface area contributed by atoms with Gasteiger partial charge in [0.1, 0.15) is 0 Å². The number of nitrogens with one attached hydrogen (secondary N) is 2. The van der Waals surface area contributed by atoms with E-state index >= 15 is 0 Å². The van der Waals surface area contributed by atoms with Gasteiger partial charge < -0.3 is 20.6 Å². The van der Waals surface area contributed by atoms with Crippen LogP contribution >= 0.6 is 0 Å². The molecule has 2 heterocycles. The van der Waals surface area contributed by atoms with Gasteiger partial charge in [-0.25, -0.2) is 0 Å². The Hall–Kier alpha value is -1.63. The standard InChI is InChI=1S/C13H24N6O/c1-3-10(9-20)15-12-16-11(14-4-2)17-13(18-12)19-7-5-6-8-19/h10,20H,3-9H2,1-2H3,(H2,14,15,16,17,18). The maximum absolute atomic E-state index is 9.28. The van der Waals surface area contributed by atoms with Crippen LogP contribution in [0.3, 0.4) is 0 Å². The number of hydrogen-bond acceptors (Lipinski definition) is 7. The van der Waals surface area contributed by atoms with Crippen molar-refractivity contribution >= 4 is 17.8 Å². The molecular formula is C13H24N6O. The Balaban J connectivity index is 2.20. The summed E-state index contributed by atoms with van der Waals surface area (Å²) < 4.78 is 0. The molecule has 2 rings (SSSR count). The monoisotopic (exact) mass is 280 g/mol. The average molecular weight is 280 g/mol. The minimum absolute atomic E-state index is 0.0293. The molecule has 0 aromatic carbocycles. The van der Waals surface area contributed by atoms with Gasteiger partial charge in [-0.15, -0.1) is 0 Å². The van der Waals surface area contributed by atoms with Gasteiger partial charge >= 0.3 is 0 Å². The number of aromatic nitrogens is 3. The van der Waals surface area contributed by atoms with Crippen LogP contribution in [0.15, 0.2) is 0 Å². The molecule has 0 amide bonds. The smallest absolute Gasteiger partial charge is 0.231 e. The lowest BCUT2D eigenvalue weighted by molar-refractivity contribution is 0.271. The minimum atomic E-state index is -0.0293. The van der Waals surface area contributed by atoms with Crippen LogP contribution < -0.4 is 15.5 Å². The van der Waals surface area contributed by atoms with Gasteiger partial charge in [-0.05, 0) is 26.2 Å². The zero-order valence-electron chi connectivity index (χ0n) is 12.3. The van der Waals surface area contributed by atoms with Crippen molar-refractivity contribution in [1.29, 1.82) is 0 Å². The van der Waals surface area contributed by atoms with Crippen molar-refractivity contribution in [2.24, 2.45) is 0 Å². The van der Waals surface area contributed by atoms with Gasteiger partial charge in [-0.2, -0.15) is 15.0 Å². The van der Waals surface area contributed by atoms with E-state index in [1.807, 2.05) is 13.8 Å². The van der Waals surface area contributed by atoms with Crippen molar-refractivity contribution in [3.05, 3.63) is 0 Å². The first kappa shape index (κ1) is 14.8. The topological polar surface area (TPSA) is 86.2 Å². The van der Waals surface area contributed by atoms with Crippen molar-refractivity contribution in [3.8, 4) is 0 Å². The van der Waals surface area contributed by atoms with Gasteiger partial charge in [-0.1, -0.05) is 6.92 Å². The summed E-state index contributed by atoms with van der Waals surface area (Å²) in [6.07, 6.45) is 3.18. The number of aliphatic hydroxyl groups is 1. The van der Waals surface area contributed by atoms with Crippen LogP contribution in [0.5, 0.6) is 0 Å². The minimum Gasteiger partial charge on any atom is -0.394 e. The highest BCUT2D eigenvalue weighted by molar-refractivity contribution is 5.44. The van der Waals surface area contributed by atoms with E-state index in [4.69, 9.17) is 0 Å². The van der Waals surface area contributed by atoms with E-state index in [-0.39, 0.29) is 12.6 Å². The predicted octanol–water partition coefficient (Wildman–Crippen LogP) is 1.09. The molecule has 3 N–H and O–H groups in total. The predicted molar refractivity (Wildman–Crippen MR) is 80.2 cm³/mol. The summed E-state index contributed by atoms with van der Waals surface area (Å²) >= 11 is 0. The van der Waals surface area contributed by atoms with Crippen LogP contribution in [-0.2, 0) is 0 Å². The second-order valence-corrected chi connectivity index (χ2v) is 4.94. The SMILES string of the molecule is CCNc1nc(NC(CC)CO)nc(N2CCCC2)n1. The van der Waals surface area contributed by atoms with Crippen LogP contribution in [0.25, 0.3) is 0 Å². The fourth-order valence-corrected chi connectivity index (χ4v) is 2.18. The molecule has 0 radical (unpaired) electrons. The molecule has 0 aliphatic carbocycles. The first-order valence-corrected chi connectivity index (χ1v) is 7.39. The van der Waals surface area contributed by atoms with Gasteiger partial charge in [-0.3, -0.25) is 0 Å². The number of hydrogen-bond donors (Lipinski definition) is 3. The lowest BCUT2D eigenvalue weighted by Gasteiger charge is -2.19. The Labute approximate surface area is 119 Å². The maximum Gasteiger partial charge on any atom is 0.231 e. The highest BCUT2D eigenvalue weighted by atomic mass is 16.3. The summed E-state index contributed by atoms with van der Waals surface area (Å²) in [5.74, 6) is 1.82. The molecular weight excluding hydrogens is 256 g/mol. The van der Waals surface area contributed by atoms with Crippen molar-refractivity contribution in [1.82, 2.24) is 15.0 Å². The van der Waals surface area contributed by atoms with E-state index in [0.717, 1.165) is 26.1 Å². The lowest BCUT2D eigenvalue weighted by atomic mass is 10.2. The van der Waals surface area contributed by atoms with Crippen LogP contribution in [0.4, 0.5) is 17.8 Å². The Morgan fingerprint density at radius 3 is 2.45 bits per heavy atom. The van der Waals surface area contributed by atoms with E-state index in [1.165, 1.54) is 12.8 Å². The number of nitrogens with zero attached hydrogens (tertiary/aromatic N) is 4. The first-order chi connectivity index (χ1) is 9.76. The Morgan fingerprint density at radius 1 is 1.15 bits per heavy atom. The van der Waals surface area contributed by atoms with E-state index in [1.54, 1.807) is 0 Å². The third kappa shape index (κ3) is 3.69. The molecule has 7 heteroatoms. The molecule has 1 aliphatic heterocycles. The number of rotatable bonds is 7. The second kappa shape index (κ2) is 7.23. The molecule has 0 saturated carbocycles. The normalized spacial score (nSPS) is 16.2. The quantitative estimate of drug-likeness (QED) is 0.689. The Morgan fingerprint density at radius 2 is 1.85 bits per heavy atom. The van der Waals surface area contributed by atoms with Crippen LogP contribution in [-0.4, -0.2) is 52.3 Å². The molecule has 1 aromatic heterocycles. The highest BCUT2D eigenvalue weighted by Gasteiger charge is 2.18. The van der Waals surface area contributed by atoms with Crippen molar-refractivity contribution in [3.63, 3.8) is 0 Å². The third-order valence-corrected chi connectivity index (χ3v) is 3.39. The molecule has 1 fully saturated rings. The van der Waals surface area contributed by atoms with Gasteiger partial charge in [0.05, 0.1) is 12.6 Å². The van der Waals surface area contributed by atoms with Gasteiger partial charge in [0.15, 0.2) is 0 Å². The molecule has 1 saturated heterocycles. The first-order valence-electron chi connectivity index (χ1n) is 7.39. The van der Waals surface area contributed by atoms with Crippen LogP contribution in [0, 0.1) is 0 Å². The van der Waals surface area contributed by atoms with Gasteiger partial charge in [0, 0.05) is 19.6 Å².